The van der Waals surface area contributed by atoms with E-state index in [-0.39, 0.29) is 11.4 Å². The van der Waals surface area contributed by atoms with Crippen LogP contribution in [-0.4, -0.2) is 72.5 Å². The van der Waals surface area contributed by atoms with E-state index in [4.69, 9.17) is 0 Å². The van der Waals surface area contributed by atoms with Crippen LogP contribution in [0.1, 0.15) is 42.5 Å². The van der Waals surface area contributed by atoms with Crippen molar-refractivity contribution in [2.24, 2.45) is 0 Å². The van der Waals surface area contributed by atoms with Crippen LogP contribution in [0.3, 0.4) is 0 Å². The van der Waals surface area contributed by atoms with Gasteiger partial charge in [0.05, 0.1) is 0 Å². The third kappa shape index (κ3) is 4.14. The molecule has 1 aromatic heterocycles. The first kappa shape index (κ1) is 18.4. The highest BCUT2D eigenvalue weighted by Gasteiger charge is 2.40. The molecule has 4 heterocycles. The summed E-state index contributed by atoms with van der Waals surface area (Å²) in [7, 11) is 2.24. The maximum absolute atomic E-state index is 11.8. The van der Waals surface area contributed by atoms with Gasteiger partial charge in [-0.05, 0) is 62.8 Å². The molecule has 6 heteroatoms. The van der Waals surface area contributed by atoms with E-state index in [1.807, 2.05) is 11.3 Å². The summed E-state index contributed by atoms with van der Waals surface area (Å²) in [5.74, 6) is 0.220. The fourth-order valence-electron chi connectivity index (χ4n) is 4.82. The summed E-state index contributed by atoms with van der Waals surface area (Å²) in [6, 6.07) is 2.42. The molecule has 1 unspecified atom stereocenters. The third-order valence-electron chi connectivity index (χ3n) is 6.50. The molecule has 26 heavy (non-hydrogen) atoms. The van der Waals surface area contributed by atoms with Crippen LogP contribution in [0.2, 0.25) is 0 Å². The summed E-state index contributed by atoms with van der Waals surface area (Å²) >= 11 is 1.92. The lowest BCUT2D eigenvalue weighted by atomic mass is 9.86. The number of amides is 1. The normalized spacial score (nSPS) is 29.2. The fourth-order valence-corrected chi connectivity index (χ4v) is 5.75. The Labute approximate surface area is 161 Å². The van der Waals surface area contributed by atoms with Gasteiger partial charge >= 0.3 is 0 Å². The number of piperazine rings is 1. The van der Waals surface area contributed by atoms with Crippen molar-refractivity contribution in [2.75, 3.05) is 46.3 Å². The van der Waals surface area contributed by atoms with Crippen molar-refractivity contribution in [3.63, 3.8) is 0 Å². The van der Waals surface area contributed by atoms with Crippen LogP contribution in [0.4, 0.5) is 0 Å². The molecule has 3 aliphatic rings. The van der Waals surface area contributed by atoms with Crippen LogP contribution in [-0.2, 0) is 17.9 Å². The van der Waals surface area contributed by atoms with Crippen LogP contribution in [0.15, 0.2) is 11.4 Å². The zero-order valence-electron chi connectivity index (χ0n) is 16.0. The van der Waals surface area contributed by atoms with E-state index < -0.39 is 0 Å². The van der Waals surface area contributed by atoms with E-state index in [0.29, 0.717) is 6.42 Å². The summed E-state index contributed by atoms with van der Waals surface area (Å²) < 4.78 is 0. The first-order chi connectivity index (χ1) is 12.6. The molecule has 0 bridgehead atoms. The van der Waals surface area contributed by atoms with Crippen molar-refractivity contribution in [2.45, 2.75) is 50.7 Å². The zero-order valence-corrected chi connectivity index (χ0v) is 16.8. The molecule has 1 amide bonds. The quantitative estimate of drug-likeness (QED) is 0.874. The van der Waals surface area contributed by atoms with Crippen molar-refractivity contribution >= 4 is 17.2 Å². The minimum Gasteiger partial charge on any atom is -0.356 e. The summed E-state index contributed by atoms with van der Waals surface area (Å²) in [6.45, 7) is 8.82. The molecule has 3 saturated heterocycles. The van der Waals surface area contributed by atoms with Crippen LogP contribution >= 0.6 is 11.3 Å². The molecule has 3 fully saturated rings. The Morgan fingerprint density at radius 3 is 2.81 bits per heavy atom. The Morgan fingerprint density at radius 2 is 1.96 bits per heavy atom. The van der Waals surface area contributed by atoms with Crippen molar-refractivity contribution in [3.05, 3.63) is 21.9 Å². The maximum atomic E-state index is 11.8. The molecule has 4 rings (SSSR count). The monoisotopic (exact) mass is 376 g/mol. The SMILES string of the molecule is CN1CCN(Cc2cc(CN3CCCC3)cs2)CC12CCNC(=O)CC2. The van der Waals surface area contributed by atoms with Crippen molar-refractivity contribution in [1.82, 2.24) is 20.0 Å². The number of hydrogen-bond acceptors (Lipinski definition) is 5. The summed E-state index contributed by atoms with van der Waals surface area (Å²) in [4.78, 5) is 21.0. The first-order valence-electron chi connectivity index (χ1n) is 10.1. The molecule has 1 aromatic rings. The molecule has 1 N–H and O–H groups in total. The average molecular weight is 377 g/mol. The predicted molar refractivity (Wildman–Crippen MR) is 106 cm³/mol. The number of carbonyl (C=O) groups excluding carboxylic acids is 1. The van der Waals surface area contributed by atoms with Gasteiger partial charge in [0.25, 0.3) is 0 Å². The number of nitrogens with one attached hydrogen (secondary N) is 1. The Balaban J connectivity index is 1.37. The lowest BCUT2D eigenvalue weighted by Gasteiger charge is -2.49. The number of hydrogen-bond donors (Lipinski definition) is 1. The van der Waals surface area contributed by atoms with Gasteiger partial charge in [0.1, 0.15) is 0 Å². The molecule has 144 valence electrons. The maximum Gasteiger partial charge on any atom is 0.220 e. The van der Waals surface area contributed by atoms with Crippen molar-refractivity contribution in [3.8, 4) is 0 Å². The minimum absolute atomic E-state index is 0.160. The lowest BCUT2D eigenvalue weighted by molar-refractivity contribution is -0.121. The fraction of sp³-hybridized carbons (Fsp3) is 0.750. The Kier molecular flexibility index (Phi) is 5.64. The Hall–Kier alpha value is -0.950. The lowest BCUT2D eigenvalue weighted by Crippen LogP contribution is -2.60. The zero-order chi connectivity index (χ0) is 18.0. The standard InChI is InChI=1S/C20H32N4OS/c1-22-10-11-24(16-20(22)5-4-19(25)21-7-6-20)14-18-12-17(15-26-18)13-23-8-2-3-9-23/h12,15H,2-11,13-14,16H2,1H3,(H,21,25). The number of likely N-dealkylation sites (N-methyl/N-ethyl adjacent to an activating group) is 1. The highest BCUT2D eigenvalue weighted by molar-refractivity contribution is 7.10. The molecule has 0 saturated carbocycles. The van der Waals surface area contributed by atoms with Gasteiger partial charge in [-0.25, -0.2) is 0 Å². The summed E-state index contributed by atoms with van der Waals surface area (Å²) in [5, 5.41) is 5.41. The molecule has 0 radical (unpaired) electrons. The Bertz CT molecular complexity index is 627. The topological polar surface area (TPSA) is 38.8 Å². The molecule has 3 aliphatic heterocycles. The van der Waals surface area contributed by atoms with E-state index in [0.717, 1.165) is 52.1 Å². The van der Waals surface area contributed by atoms with Crippen molar-refractivity contribution in [1.29, 1.82) is 0 Å². The van der Waals surface area contributed by atoms with E-state index in [9.17, 15) is 4.79 Å². The number of nitrogens with zero attached hydrogens (tertiary/aromatic N) is 3. The van der Waals surface area contributed by atoms with Crippen LogP contribution in [0.5, 0.6) is 0 Å². The molecular formula is C20H32N4OS. The van der Waals surface area contributed by atoms with E-state index >= 15 is 0 Å². The highest BCUT2D eigenvalue weighted by Crippen LogP contribution is 2.31. The number of thiophene rings is 1. The van der Waals surface area contributed by atoms with Crippen molar-refractivity contribution < 1.29 is 4.79 Å². The Morgan fingerprint density at radius 1 is 1.12 bits per heavy atom. The van der Waals surface area contributed by atoms with Gasteiger partial charge in [0.15, 0.2) is 0 Å². The summed E-state index contributed by atoms with van der Waals surface area (Å²) in [5.41, 5.74) is 1.65. The van der Waals surface area contributed by atoms with Gasteiger partial charge in [0.2, 0.25) is 5.91 Å². The smallest absolute Gasteiger partial charge is 0.220 e. The number of carbonyl (C=O) groups is 1. The number of likely N-dealkylation sites (tertiary alicyclic amines) is 1. The minimum atomic E-state index is 0.160. The van der Waals surface area contributed by atoms with Crippen LogP contribution in [0, 0.1) is 0 Å². The second-order valence-electron chi connectivity index (χ2n) is 8.36. The van der Waals surface area contributed by atoms with E-state index in [1.54, 1.807) is 0 Å². The van der Waals surface area contributed by atoms with Gasteiger partial charge in [-0.1, -0.05) is 0 Å². The average Bonchev–Trinajstić information content (AvgIpc) is 3.25. The largest absolute Gasteiger partial charge is 0.356 e. The molecular weight excluding hydrogens is 344 g/mol. The molecule has 1 spiro atoms. The third-order valence-corrected chi connectivity index (χ3v) is 7.47. The van der Waals surface area contributed by atoms with Gasteiger partial charge in [-0.15, -0.1) is 11.3 Å². The molecule has 1 atom stereocenters. The highest BCUT2D eigenvalue weighted by atomic mass is 32.1. The van der Waals surface area contributed by atoms with Gasteiger partial charge in [-0.2, -0.15) is 0 Å². The van der Waals surface area contributed by atoms with Gasteiger partial charge in [-0.3, -0.25) is 19.5 Å². The van der Waals surface area contributed by atoms with E-state index in [1.165, 1.54) is 36.4 Å². The molecule has 5 nitrogen and oxygen atoms in total. The van der Waals surface area contributed by atoms with Gasteiger partial charge in [0, 0.05) is 56.1 Å². The predicted octanol–water partition coefficient (Wildman–Crippen LogP) is 2.13. The van der Waals surface area contributed by atoms with Crippen LogP contribution in [0.25, 0.3) is 0 Å². The second-order valence-corrected chi connectivity index (χ2v) is 9.36. The first-order valence-corrected chi connectivity index (χ1v) is 11.0. The second kappa shape index (κ2) is 7.97. The molecule has 0 aliphatic carbocycles. The van der Waals surface area contributed by atoms with Gasteiger partial charge < -0.3 is 5.32 Å². The number of rotatable bonds is 4. The van der Waals surface area contributed by atoms with Crippen LogP contribution < -0.4 is 5.32 Å². The summed E-state index contributed by atoms with van der Waals surface area (Å²) in [6.07, 6.45) is 5.43. The van der Waals surface area contributed by atoms with E-state index in [2.05, 4.69) is 38.5 Å². The molecule has 0 aromatic carbocycles.